The monoisotopic (exact) mass is 312 g/mol. The number of anilines is 1. The lowest BCUT2D eigenvalue weighted by molar-refractivity contribution is 0.174. The van der Waals surface area contributed by atoms with Crippen molar-refractivity contribution in [1.29, 1.82) is 5.26 Å². The zero-order chi connectivity index (χ0) is 15.2. The Morgan fingerprint density at radius 3 is 3.18 bits per heavy atom. The topological polar surface area (TPSA) is 52.0 Å². The second-order valence-corrected chi connectivity index (χ2v) is 6.75. The van der Waals surface area contributed by atoms with Crippen molar-refractivity contribution in [3.05, 3.63) is 46.3 Å². The van der Waals surface area contributed by atoms with E-state index < -0.39 is 0 Å². The number of likely N-dealkylation sites (tertiary alicyclic amines) is 1. The highest BCUT2D eigenvalue weighted by atomic mass is 32.1. The van der Waals surface area contributed by atoms with Crippen LogP contribution in [0.4, 0.5) is 5.82 Å². The summed E-state index contributed by atoms with van der Waals surface area (Å²) in [4.78, 5) is 8.24. The summed E-state index contributed by atoms with van der Waals surface area (Å²) in [5.74, 6) is 1.32. The quantitative estimate of drug-likeness (QED) is 0.920. The van der Waals surface area contributed by atoms with Crippen molar-refractivity contribution in [1.82, 2.24) is 9.88 Å². The summed E-state index contributed by atoms with van der Waals surface area (Å²) >= 11 is 1.83. The van der Waals surface area contributed by atoms with Crippen LogP contribution in [0, 0.1) is 17.2 Å². The Morgan fingerprint density at radius 1 is 1.41 bits per heavy atom. The molecule has 4 nitrogen and oxygen atoms in total. The van der Waals surface area contributed by atoms with E-state index in [1.54, 1.807) is 18.3 Å². The van der Waals surface area contributed by atoms with Gasteiger partial charge in [0.25, 0.3) is 0 Å². The highest BCUT2D eigenvalue weighted by molar-refractivity contribution is 7.09. The molecule has 114 valence electrons. The van der Waals surface area contributed by atoms with Crippen LogP contribution in [-0.2, 0) is 6.54 Å². The van der Waals surface area contributed by atoms with Crippen LogP contribution in [0.2, 0.25) is 0 Å². The second-order valence-electron chi connectivity index (χ2n) is 5.72. The van der Waals surface area contributed by atoms with Crippen LogP contribution < -0.4 is 5.32 Å². The largest absolute Gasteiger partial charge is 0.369 e. The van der Waals surface area contributed by atoms with E-state index in [1.807, 2.05) is 11.3 Å². The molecule has 0 bridgehead atoms. The molecule has 2 aromatic rings. The predicted molar refractivity (Wildman–Crippen MR) is 89.8 cm³/mol. The van der Waals surface area contributed by atoms with E-state index in [2.05, 4.69) is 38.8 Å². The molecule has 0 radical (unpaired) electrons. The average molecular weight is 312 g/mol. The molecule has 1 saturated heterocycles. The van der Waals surface area contributed by atoms with Gasteiger partial charge in [0.05, 0.1) is 5.56 Å². The highest BCUT2D eigenvalue weighted by Gasteiger charge is 2.20. The van der Waals surface area contributed by atoms with Crippen molar-refractivity contribution in [2.45, 2.75) is 19.4 Å². The molecule has 22 heavy (non-hydrogen) atoms. The van der Waals surface area contributed by atoms with Gasteiger partial charge in [-0.1, -0.05) is 6.07 Å². The first-order chi connectivity index (χ1) is 10.8. The molecule has 0 spiro atoms. The van der Waals surface area contributed by atoms with E-state index in [4.69, 9.17) is 5.26 Å². The number of nitriles is 1. The van der Waals surface area contributed by atoms with Gasteiger partial charge in [0.15, 0.2) is 0 Å². The summed E-state index contributed by atoms with van der Waals surface area (Å²) in [5.41, 5.74) is 0.619. The molecule has 0 amide bonds. The molecule has 0 aromatic carbocycles. The minimum atomic E-state index is 0.613. The number of thiophene rings is 1. The normalized spacial score (nSPS) is 18.8. The predicted octanol–water partition coefficient (Wildman–Crippen LogP) is 3.34. The molecule has 0 aliphatic carbocycles. The Balaban J connectivity index is 1.53. The first kappa shape index (κ1) is 15.0. The second kappa shape index (κ2) is 7.39. The van der Waals surface area contributed by atoms with Gasteiger partial charge < -0.3 is 5.32 Å². The van der Waals surface area contributed by atoms with Crippen molar-refractivity contribution < 1.29 is 0 Å². The summed E-state index contributed by atoms with van der Waals surface area (Å²) in [6.07, 6.45) is 4.21. The van der Waals surface area contributed by atoms with Gasteiger partial charge in [0, 0.05) is 30.7 Å². The lowest BCUT2D eigenvalue weighted by atomic mass is 9.98. The van der Waals surface area contributed by atoms with Gasteiger partial charge in [0.1, 0.15) is 11.9 Å². The van der Waals surface area contributed by atoms with Gasteiger partial charge in [-0.05, 0) is 48.9 Å². The molecule has 1 unspecified atom stereocenters. The third-order valence-corrected chi connectivity index (χ3v) is 4.91. The maximum absolute atomic E-state index is 9.10. The first-order valence-corrected chi connectivity index (χ1v) is 8.57. The van der Waals surface area contributed by atoms with Gasteiger partial charge >= 0.3 is 0 Å². The van der Waals surface area contributed by atoms with E-state index in [1.165, 1.54) is 24.3 Å². The van der Waals surface area contributed by atoms with Gasteiger partial charge in [-0.2, -0.15) is 5.26 Å². The number of nitrogens with zero attached hydrogens (tertiary/aromatic N) is 3. The molecule has 2 aromatic heterocycles. The molecule has 1 atom stereocenters. The SMILES string of the molecule is N#Cc1cccnc1NCC1CCCN(Cc2cccs2)C1. The lowest BCUT2D eigenvalue weighted by Crippen LogP contribution is -2.37. The van der Waals surface area contributed by atoms with Crippen molar-refractivity contribution in [2.75, 3.05) is 25.0 Å². The van der Waals surface area contributed by atoms with Crippen LogP contribution >= 0.6 is 11.3 Å². The molecule has 0 saturated carbocycles. The molecule has 1 aliphatic rings. The molecule has 3 heterocycles. The Morgan fingerprint density at radius 2 is 2.36 bits per heavy atom. The summed E-state index contributed by atoms with van der Waals surface area (Å²) < 4.78 is 0. The van der Waals surface area contributed by atoms with E-state index >= 15 is 0 Å². The third kappa shape index (κ3) is 3.85. The summed E-state index contributed by atoms with van der Waals surface area (Å²) in [6, 6.07) is 10.1. The fourth-order valence-corrected chi connectivity index (χ4v) is 3.71. The molecule has 1 N–H and O–H groups in total. The maximum atomic E-state index is 9.10. The Bertz CT molecular complexity index is 632. The number of pyridine rings is 1. The molecule has 3 rings (SSSR count). The fraction of sp³-hybridized carbons (Fsp3) is 0.412. The van der Waals surface area contributed by atoms with Crippen molar-refractivity contribution in [2.24, 2.45) is 5.92 Å². The molecular formula is C17H20N4S. The first-order valence-electron chi connectivity index (χ1n) is 7.69. The minimum absolute atomic E-state index is 0.613. The Hall–Kier alpha value is -1.90. The van der Waals surface area contributed by atoms with E-state index in [0.29, 0.717) is 17.3 Å². The molecule has 1 aliphatic heterocycles. The number of nitrogens with one attached hydrogen (secondary N) is 1. The third-order valence-electron chi connectivity index (χ3n) is 4.05. The van der Waals surface area contributed by atoms with Gasteiger partial charge in [0.2, 0.25) is 0 Å². The summed E-state index contributed by atoms with van der Waals surface area (Å²) in [5, 5.41) is 14.6. The van der Waals surface area contributed by atoms with Crippen molar-refractivity contribution in [3.63, 3.8) is 0 Å². The van der Waals surface area contributed by atoms with Crippen LogP contribution in [0.25, 0.3) is 0 Å². The Kier molecular flexibility index (Phi) is 5.04. The van der Waals surface area contributed by atoms with Crippen molar-refractivity contribution in [3.8, 4) is 6.07 Å². The van der Waals surface area contributed by atoms with Gasteiger partial charge in [-0.25, -0.2) is 4.98 Å². The number of aromatic nitrogens is 1. The minimum Gasteiger partial charge on any atom is -0.369 e. The zero-order valence-electron chi connectivity index (χ0n) is 12.5. The maximum Gasteiger partial charge on any atom is 0.143 e. The van der Waals surface area contributed by atoms with Gasteiger partial charge in [-0.15, -0.1) is 11.3 Å². The van der Waals surface area contributed by atoms with Crippen LogP contribution in [-0.4, -0.2) is 29.5 Å². The highest BCUT2D eigenvalue weighted by Crippen LogP contribution is 2.21. The number of piperidine rings is 1. The number of hydrogen-bond donors (Lipinski definition) is 1. The van der Waals surface area contributed by atoms with E-state index in [0.717, 1.165) is 19.6 Å². The zero-order valence-corrected chi connectivity index (χ0v) is 13.4. The smallest absolute Gasteiger partial charge is 0.143 e. The fourth-order valence-electron chi connectivity index (χ4n) is 2.96. The van der Waals surface area contributed by atoms with Gasteiger partial charge in [-0.3, -0.25) is 4.90 Å². The van der Waals surface area contributed by atoms with E-state index in [-0.39, 0.29) is 0 Å². The Labute approximate surface area is 135 Å². The van der Waals surface area contributed by atoms with Crippen molar-refractivity contribution >= 4 is 17.2 Å². The van der Waals surface area contributed by atoms with Crippen LogP contribution in [0.5, 0.6) is 0 Å². The molecule has 5 heteroatoms. The summed E-state index contributed by atoms with van der Waals surface area (Å²) in [7, 11) is 0. The van der Waals surface area contributed by atoms with E-state index in [9.17, 15) is 0 Å². The lowest BCUT2D eigenvalue weighted by Gasteiger charge is -2.32. The number of hydrogen-bond acceptors (Lipinski definition) is 5. The molecule has 1 fully saturated rings. The average Bonchev–Trinajstić information content (AvgIpc) is 3.06. The standard InChI is InChI=1S/C17H20N4S/c18-10-15-5-1-7-19-17(15)20-11-14-4-2-8-21(12-14)13-16-6-3-9-22-16/h1,3,5-7,9,14H,2,4,8,11-13H2,(H,19,20). The van der Waals surface area contributed by atoms with Crippen LogP contribution in [0.3, 0.4) is 0 Å². The number of rotatable bonds is 5. The van der Waals surface area contributed by atoms with Crippen LogP contribution in [0.1, 0.15) is 23.3 Å². The molecular weight excluding hydrogens is 292 g/mol. The summed E-state index contributed by atoms with van der Waals surface area (Å²) in [6.45, 7) is 4.23. The van der Waals surface area contributed by atoms with Crippen LogP contribution in [0.15, 0.2) is 35.8 Å².